The van der Waals surface area contributed by atoms with Gasteiger partial charge in [0.05, 0.1) is 34.3 Å². The van der Waals surface area contributed by atoms with Crippen molar-refractivity contribution in [3.63, 3.8) is 0 Å². The summed E-state index contributed by atoms with van der Waals surface area (Å²) in [7, 11) is 1.84. The van der Waals surface area contributed by atoms with E-state index in [0.717, 1.165) is 59.5 Å². The Balaban J connectivity index is 1.05. The number of aliphatic hydroxyl groups is 1. The van der Waals surface area contributed by atoms with Crippen LogP contribution in [0.15, 0.2) is 65.6 Å². The van der Waals surface area contributed by atoms with E-state index in [1.807, 2.05) is 39.1 Å². The summed E-state index contributed by atoms with van der Waals surface area (Å²) in [6.07, 6.45) is 5.49. The molecule has 3 aliphatic rings. The quantitative estimate of drug-likeness (QED) is 0.0545. The number of benzene rings is 2. The van der Waals surface area contributed by atoms with E-state index in [4.69, 9.17) is 28.7 Å². The van der Waals surface area contributed by atoms with E-state index in [1.165, 1.54) is 0 Å². The van der Waals surface area contributed by atoms with Gasteiger partial charge < -0.3 is 55.0 Å². The van der Waals surface area contributed by atoms with Crippen LogP contribution < -0.4 is 31.8 Å². The SMILES string of the molecule is C=c1ccc2nc3c(c(CC)c2c1)CN1C(O)=C2COC(=O)C(CC)(OC(=O)OCc4ccc(NC(=O)C(CCCCNC)NC(=O)COCC(=O)NC(C)(C)CCOC(C)(CC)CC)cc4)C2=CC=31. The number of anilines is 1. The maximum absolute atomic E-state index is 13.6. The smallest absolute Gasteiger partial charge is 0.494 e. The molecule has 2 aromatic carbocycles. The van der Waals surface area contributed by atoms with Gasteiger partial charge in [0.2, 0.25) is 23.3 Å². The van der Waals surface area contributed by atoms with E-state index in [1.54, 1.807) is 42.2 Å². The van der Waals surface area contributed by atoms with Crippen LogP contribution in [0.2, 0.25) is 0 Å². The highest BCUT2D eigenvalue weighted by Gasteiger charge is 2.54. The van der Waals surface area contributed by atoms with Crippen LogP contribution in [0.1, 0.15) is 110 Å². The number of hydrogen-bond acceptors (Lipinski definition) is 14. The zero-order valence-corrected chi connectivity index (χ0v) is 41.9. The Hall–Kier alpha value is -6.30. The average molecular weight is 967 g/mol. The number of cyclic esters (lactones) is 1. The number of pyridine rings is 1. The van der Waals surface area contributed by atoms with Crippen molar-refractivity contribution in [3.05, 3.63) is 92.8 Å². The van der Waals surface area contributed by atoms with Crippen LogP contribution in [0, 0.1) is 0 Å². The molecule has 2 atom stereocenters. The topological polar surface area (TPSA) is 216 Å². The first-order valence-corrected chi connectivity index (χ1v) is 24.4. The molecule has 3 amide bonds. The maximum atomic E-state index is 13.6. The maximum Gasteiger partial charge on any atom is 0.510 e. The Kier molecular flexibility index (Phi) is 17.5. The summed E-state index contributed by atoms with van der Waals surface area (Å²) < 4.78 is 28.5. The third-order valence-corrected chi connectivity index (χ3v) is 13.5. The lowest BCUT2D eigenvalue weighted by Crippen LogP contribution is -2.51. The number of rotatable bonds is 24. The van der Waals surface area contributed by atoms with E-state index in [2.05, 4.69) is 55.5 Å². The van der Waals surface area contributed by atoms with Gasteiger partial charge in [-0.2, -0.15) is 0 Å². The summed E-state index contributed by atoms with van der Waals surface area (Å²) in [4.78, 5) is 73.0. The number of hydrogen-bond donors (Lipinski definition) is 5. The molecule has 0 saturated carbocycles. The monoisotopic (exact) mass is 967 g/mol. The molecule has 6 rings (SSSR count). The van der Waals surface area contributed by atoms with E-state index in [0.29, 0.717) is 65.9 Å². The number of aliphatic hydroxyl groups excluding tert-OH is 1. The average Bonchev–Trinajstić information content (AvgIpc) is 3.70. The molecule has 3 aliphatic heterocycles. The minimum Gasteiger partial charge on any atom is -0.494 e. The van der Waals surface area contributed by atoms with Gasteiger partial charge in [0.25, 0.3) is 0 Å². The normalized spacial score (nSPS) is 17.0. The molecule has 1 saturated heterocycles. The van der Waals surface area contributed by atoms with Crippen molar-refractivity contribution in [1.82, 2.24) is 25.8 Å². The van der Waals surface area contributed by atoms with Crippen molar-refractivity contribution in [1.29, 1.82) is 0 Å². The Labute approximate surface area is 410 Å². The van der Waals surface area contributed by atoms with Gasteiger partial charge in [-0.15, -0.1) is 0 Å². The molecule has 1 aromatic heterocycles. The Morgan fingerprint density at radius 2 is 1.73 bits per heavy atom. The number of carbonyl (C=O) groups is 5. The highest BCUT2D eigenvalue weighted by Crippen LogP contribution is 2.44. The molecule has 0 spiro atoms. The fourth-order valence-corrected chi connectivity index (χ4v) is 8.89. The minimum atomic E-state index is -1.92. The van der Waals surface area contributed by atoms with Gasteiger partial charge in [-0.3, -0.25) is 14.4 Å². The highest BCUT2D eigenvalue weighted by molar-refractivity contribution is 5.97. The van der Waals surface area contributed by atoms with E-state index >= 15 is 0 Å². The summed E-state index contributed by atoms with van der Waals surface area (Å²) >= 11 is 0. The molecule has 17 nitrogen and oxygen atoms in total. The van der Waals surface area contributed by atoms with Crippen molar-refractivity contribution in [3.8, 4) is 0 Å². The number of nitrogens with one attached hydrogen (secondary N) is 4. The van der Waals surface area contributed by atoms with Crippen LogP contribution in [0.5, 0.6) is 0 Å². The fraction of sp³-hybridized carbons (Fsp3) is 0.509. The summed E-state index contributed by atoms with van der Waals surface area (Å²) in [5.41, 5.74) is 2.32. The number of ether oxygens (including phenoxy) is 5. The molecule has 0 aliphatic carbocycles. The number of aryl methyl sites for hydroxylation is 1. The van der Waals surface area contributed by atoms with E-state index in [9.17, 15) is 29.1 Å². The Bertz CT molecular complexity index is 2620. The number of esters is 1. The van der Waals surface area contributed by atoms with Gasteiger partial charge in [-0.05, 0) is 132 Å². The molecule has 3 aromatic rings. The molecule has 1 fully saturated rings. The van der Waals surface area contributed by atoms with Crippen LogP contribution in [-0.4, -0.2) is 108 Å². The number of nitrogens with zero attached hydrogens (tertiary/aromatic N) is 2. The lowest BCUT2D eigenvalue weighted by molar-refractivity contribution is -0.166. The summed E-state index contributed by atoms with van der Waals surface area (Å²) in [6.45, 7) is 18.3. The summed E-state index contributed by atoms with van der Waals surface area (Å²) in [5.74, 6) is -2.26. The first-order chi connectivity index (χ1) is 33.4. The number of amides is 3. The minimum absolute atomic E-state index is 0.00982. The van der Waals surface area contributed by atoms with Crippen LogP contribution in [0.4, 0.5) is 10.5 Å². The summed E-state index contributed by atoms with van der Waals surface area (Å²) in [5, 5.41) is 25.8. The number of carbonyl (C=O) groups excluding carboxylic acids is 5. The molecule has 5 N–H and O–H groups in total. The molecular weight excluding hydrogens is 897 g/mol. The second-order valence-corrected chi connectivity index (χ2v) is 18.9. The second kappa shape index (κ2) is 23.1. The predicted octanol–water partition coefficient (Wildman–Crippen LogP) is 5.61. The third-order valence-electron chi connectivity index (χ3n) is 13.5. The van der Waals surface area contributed by atoms with Crippen molar-refractivity contribution in [2.75, 3.05) is 45.3 Å². The first-order valence-electron chi connectivity index (χ1n) is 24.4. The van der Waals surface area contributed by atoms with Gasteiger partial charge in [0.1, 0.15) is 32.5 Å². The third kappa shape index (κ3) is 12.3. The molecule has 17 heteroatoms. The largest absolute Gasteiger partial charge is 0.510 e. The van der Waals surface area contributed by atoms with Crippen molar-refractivity contribution in [2.45, 2.75) is 136 Å². The number of aromatic nitrogens is 1. The standard InChI is InChI=1S/C53H70N6O11/c1-10-36-37-26-33(5)17-22-41(37)57-46-38(36)28-59-43(46)27-40-39(48(59)63)30-67-49(64)53(40,13-4)70-50(65)68-29-34-18-20-35(21-19-34)55-47(62)42(16-14-15-24-54-9)56-44(60)31-66-32-45(61)58-51(6,7)23-25-69-52(8,11-2)12-3/h17-22,26-27,42,54,63H,5,10-16,23-25,28-32H2,1-4,6-9H3,(H,55,62)(H,56,60)(H,58,61). The number of unbranched alkanes of at least 4 members (excludes halogenated alkanes) is 1. The van der Waals surface area contributed by atoms with Crippen molar-refractivity contribution in [2.24, 2.45) is 0 Å². The first kappa shape index (κ1) is 53.1. The number of fused-ring (bicyclic) bond motifs is 4. The van der Waals surface area contributed by atoms with Gasteiger partial charge in [0.15, 0.2) is 5.88 Å². The zero-order chi connectivity index (χ0) is 50.8. The lowest BCUT2D eigenvalue weighted by Gasteiger charge is -2.40. The highest BCUT2D eigenvalue weighted by atomic mass is 16.7. The van der Waals surface area contributed by atoms with Gasteiger partial charge >= 0.3 is 12.1 Å². The molecule has 70 heavy (non-hydrogen) atoms. The van der Waals surface area contributed by atoms with E-state index in [-0.39, 0.29) is 43.6 Å². The molecule has 2 unspecified atom stereocenters. The van der Waals surface area contributed by atoms with E-state index < -0.39 is 47.7 Å². The molecule has 0 radical (unpaired) electrons. The molecule has 4 heterocycles. The fourth-order valence-electron chi connectivity index (χ4n) is 8.89. The zero-order valence-electron chi connectivity index (χ0n) is 41.9. The summed E-state index contributed by atoms with van der Waals surface area (Å²) in [6, 6.07) is 11.5. The van der Waals surface area contributed by atoms with Crippen molar-refractivity contribution >= 4 is 58.7 Å². The van der Waals surface area contributed by atoms with Crippen LogP contribution in [0.3, 0.4) is 0 Å². The van der Waals surface area contributed by atoms with Crippen LogP contribution in [-0.2, 0) is 62.4 Å². The van der Waals surface area contributed by atoms with Gasteiger partial charge in [-0.1, -0.05) is 52.5 Å². The molecule has 378 valence electrons. The van der Waals surface area contributed by atoms with Crippen molar-refractivity contribution < 1.29 is 52.8 Å². The molecule has 0 bridgehead atoms. The second-order valence-electron chi connectivity index (χ2n) is 18.9. The molecular formula is C53H70N6O11. The Morgan fingerprint density at radius 1 is 1.00 bits per heavy atom. The van der Waals surface area contributed by atoms with Gasteiger partial charge in [-0.25, -0.2) is 14.6 Å². The predicted molar refractivity (Wildman–Crippen MR) is 265 cm³/mol. The van der Waals surface area contributed by atoms with Crippen LogP contribution in [0.25, 0.3) is 23.2 Å². The Morgan fingerprint density at radius 3 is 2.41 bits per heavy atom. The lowest BCUT2D eigenvalue weighted by atomic mass is 9.81. The van der Waals surface area contributed by atoms with Gasteiger partial charge in [0, 0.05) is 34.4 Å². The van der Waals surface area contributed by atoms with Crippen LogP contribution >= 0.6 is 0 Å².